The molecule has 0 N–H and O–H groups in total. The largest absolute Gasteiger partial charge is 0.289 e. The smallest absolute Gasteiger partial charge is 0.192 e. The summed E-state index contributed by atoms with van der Waals surface area (Å²) in [6, 6.07) is 7.90. The fourth-order valence-electron chi connectivity index (χ4n) is 1.94. The van der Waals surface area contributed by atoms with Crippen molar-refractivity contribution < 1.29 is 0 Å². The van der Waals surface area contributed by atoms with Gasteiger partial charge < -0.3 is 0 Å². The van der Waals surface area contributed by atoms with E-state index in [1.54, 1.807) is 11.3 Å². The van der Waals surface area contributed by atoms with Gasteiger partial charge in [0.1, 0.15) is 0 Å². The first-order valence-corrected chi connectivity index (χ1v) is 6.66. The number of hydrogen-bond donors (Lipinski definition) is 0. The van der Waals surface area contributed by atoms with Crippen LogP contribution in [0.25, 0.3) is 10.1 Å². The van der Waals surface area contributed by atoms with Crippen molar-refractivity contribution in [3.05, 3.63) is 40.1 Å². The Hall–Kier alpha value is -0.800. The van der Waals surface area contributed by atoms with Crippen LogP contribution in [0, 0.1) is 0 Å². The summed E-state index contributed by atoms with van der Waals surface area (Å²) in [5.41, 5.74) is 1.28. The number of rotatable bonds is 0. The van der Waals surface area contributed by atoms with Gasteiger partial charge in [0, 0.05) is 20.9 Å². The van der Waals surface area contributed by atoms with Crippen LogP contribution in [-0.4, -0.2) is 5.25 Å². The fourth-order valence-corrected chi connectivity index (χ4v) is 4.75. The Kier molecular flexibility index (Phi) is 2.11. The molecule has 3 heteroatoms. The highest BCUT2D eigenvalue weighted by molar-refractivity contribution is 8.02. The number of hydrogen-bond acceptors (Lipinski definition) is 3. The van der Waals surface area contributed by atoms with Crippen LogP contribution in [0.3, 0.4) is 0 Å². The van der Waals surface area contributed by atoms with Crippen LogP contribution in [0.15, 0.2) is 33.3 Å². The Morgan fingerprint density at radius 3 is 3.00 bits per heavy atom. The summed E-state index contributed by atoms with van der Waals surface area (Å²) in [5, 5.41) is 1.44. The molecule has 2 aromatic rings. The van der Waals surface area contributed by atoms with Crippen molar-refractivity contribution in [3.8, 4) is 0 Å². The standard InChI is InChI=1S/C12H10OS2/c1-7-6-9-11(13)8-4-2-3-5-10(8)15-12(9)14-7/h2-5,7H,6H2,1H3. The third-order valence-electron chi connectivity index (χ3n) is 2.65. The fraction of sp³-hybridized carbons (Fsp3) is 0.250. The molecule has 0 radical (unpaired) electrons. The molecule has 3 rings (SSSR count). The zero-order valence-electron chi connectivity index (χ0n) is 8.32. The van der Waals surface area contributed by atoms with E-state index in [1.165, 1.54) is 4.21 Å². The van der Waals surface area contributed by atoms with Crippen LogP contribution in [0.1, 0.15) is 12.5 Å². The molecule has 1 aromatic heterocycles. The van der Waals surface area contributed by atoms with Gasteiger partial charge in [-0.25, -0.2) is 0 Å². The van der Waals surface area contributed by atoms with Crippen molar-refractivity contribution in [3.63, 3.8) is 0 Å². The van der Waals surface area contributed by atoms with Gasteiger partial charge in [-0.1, -0.05) is 19.1 Å². The van der Waals surface area contributed by atoms with Crippen molar-refractivity contribution in [2.75, 3.05) is 0 Å². The van der Waals surface area contributed by atoms with E-state index >= 15 is 0 Å². The molecule has 0 bridgehead atoms. The van der Waals surface area contributed by atoms with Gasteiger partial charge in [0.15, 0.2) is 5.43 Å². The monoisotopic (exact) mass is 234 g/mol. The van der Waals surface area contributed by atoms with E-state index in [4.69, 9.17) is 0 Å². The van der Waals surface area contributed by atoms with Gasteiger partial charge in [-0.3, -0.25) is 4.79 Å². The van der Waals surface area contributed by atoms with Crippen LogP contribution < -0.4 is 5.43 Å². The van der Waals surface area contributed by atoms with Crippen LogP contribution in [0.5, 0.6) is 0 Å². The van der Waals surface area contributed by atoms with E-state index in [0.717, 1.165) is 22.1 Å². The predicted molar refractivity (Wildman–Crippen MR) is 67.1 cm³/mol. The molecule has 0 amide bonds. The number of thioether (sulfide) groups is 1. The summed E-state index contributed by atoms with van der Waals surface area (Å²) < 4.78 is 2.34. The highest BCUT2D eigenvalue weighted by Gasteiger charge is 2.23. The zero-order valence-corrected chi connectivity index (χ0v) is 9.95. The van der Waals surface area contributed by atoms with E-state index < -0.39 is 0 Å². The lowest BCUT2D eigenvalue weighted by Crippen LogP contribution is -2.08. The molecule has 1 nitrogen and oxygen atoms in total. The maximum Gasteiger partial charge on any atom is 0.192 e. The van der Waals surface area contributed by atoms with Gasteiger partial charge in [-0.05, 0) is 18.6 Å². The maximum absolute atomic E-state index is 12.2. The summed E-state index contributed by atoms with van der Waals surface area (Å²) in [6.45, 7) is 2.18. The van der Waals surface area contributed by atoms with Gasteiger partial charge in [-0.2, -0.15) is 0 Å². The van der Waals surface area contributed by atoms with Crippen molar-refractivity contribution in [1.82, 2.24) is 0 Å². The van der Waals surface area contributed by atoms with E-state index in [9.17, 15) is 4.79 Å². The normalized spacial score (nSPS) is 19.4. The molecule has 0 spiro atoms. The second-order valence-electron chi connectivity index (χ2n) is 3.83. The van der Waals surface area contributed by atoms with E-state index in [-0.39, 0.29) is 5.43 Å². The van der Waals surface area contributed by atoms with Gasteiger partial charge in [0.25, 0.3) is 0 Å². The van der Waals surface area contributed by atoms with Crippen LogP contribution in [0.4, 0.5) is 0 Å². The SMILES string of the molecule is CC1Cc2c(sc3ccccc3c2=O)S1. The number of benzene rings is 1. The lowest BCUT2D eigenvalue weighted by atomic mass is 10.1. The molecule has 1 unspecified atom stereocenters. The summed E-state index contributed by atoms with van der Waals surface area (Å²) in [7, 11) is 0. The van der Waals surface area contributed by atoms with E-state index in [1.807, 2.05) is 36.0 Å². The molecule has 1 aliphatic rings. The Morgan fingerprint density at radius 2 is 2.13 bits per heavy atom. The second-order valence-corrected chi connectivity index (χ2v) is 6.59. The third kappa shape index (κ3) is 1.42. The topological polar surface area (TPSA) is 17.1 Å². The lowest BCUT2D eigenvalue weighted by molar-refractivity contribution is 0.957. The molecule has 1 aromatic carbocycles. The molecule has 76 valence electrons. The van der Waals surface area contributed by atoms with Crippen molar-refractivity contribution >= 4 is 33.2 Å². The molecule has 0 saturated heterocycles. The van der Waals surface area contributed by atoms with Crippen LogP contribution in [-0.2, 0) is 6.42 Å². The summed E-state index contributed by atoms with van der Waals surface area (Å²) >= 11 is 3.60. The van der Waals surface area contributed by atoms with E-state index in [2.05, 4.69) is 6.92 Å². The molecule has 1 atom stereocenters. The predicted octanol–water partition coefficient (Wildman–Crippen LogP) is 3.30. The average molecular weight is 234 g/mol. The Balaban J connectivity index is 2.40. The molecule has 0 aliphatic carbocycles. The molecule has 2 heterocycles. The van der Waals surface area contributed by atoms with Gasteiger partial charge in [-0.15, -0.1) is 23.1 Å². The van der Waals surface area contributed by atoms with Crippen molar-refractivity contribution in [2.24, 2.45) is 0 Å². The zero-order chi connectivity index (χ0) is 10.4. The van der Waals surface area contributed by atoms with Gasteiger partial charge in [0.2, 0.25) is 0 Å². The lowest BCUT2D eigenvalue weighted by Gasteiger charge is -1.99. The van der Waals surface area contributed by atoms with Crippen LogP contribution >= 0.6 is 23.1 Å². The Morgan fingerprint density at radius 1 is 1.33 bits per heavy atom. The Labute approximate surface area is 96.1 Å². The highest BCUT2D eigenvalue weighted by atomic mass is 32.2. The molecular weight excluding hydrogens is 224 g/mol. The first kappa shape index (κ1) is 9.43. The molecule has 0 saturated carbocycles. The van der Waals surface area contributed by atoms with Crippen molar-refractivity contribution in [1.29, 1.82) is 0 Å². The third-order valence-corrected chi connectivity index (χ3v) is 5.23. The maximum atomic E-state index is 12.2. The molecular formula is C12H10OS2. The first-order valence-electron chi connectivity index (χ1n) is 4.97. The molecule has 15 heavy (non-hydrogen) atoms. The minimum absolute atomic E-state index is 0.246. The van der Waals surface area contributed by atoms with E-state index in [0.29, 0.717) is 5.25 Å². The van der Waals surface area contributed by atoms with Crippen LogP contribution in [0.2, 0.25) is 0 Å². The first-order chi connectivity index (χ1) is 7.25. The van der Waals surface area contributed by atoms with Gasteiger partial charge >= 0.3 is 0 Å². The average Bonchev–Trinajstić information content (AvgIpc) is 2.59. The summed E-state index contributed by atoms with van der Waals surface area (Å²) in [5.74, 6) is 0. The summed E-state index contributed by atoms with van der Waals surface area (Å²) in [6.07, 6.45) is 0.931. The quantitative estimate of drug-likeness (QED) is 0.695. The minimum Gasteiger partial charge on any atom is -0.289 e. The van der Waals surface area contributed by atoms with Crippen molar-refractivity contribution in [2.45, 2.75) is 22.8 Å². The van der Waals surface area contributed by atoms with Gasteiger partial charge in [0.05, 0.1) is 4.21 Å². The minimum atomic E-state index is 0.246. The molecule has 0 fully saturated rings. The molecule has 1 aliphatic heterocycles. The second kappa shape index (κ2) is 3.35. The Bertz CT molecular complexity index is 586. The highest BCUT2D eigenvalue weighted by Crippen LogP contribution is 2.40. The number of fused-ring (bicyclic) bond motifs is 2. The summed E-state index contributed by atoms with van der Waals surface area (Å²) in [4.78, 5) is 12.2.